The van der Waals surface area contributed by atoms with Crippen LogP contribution >= 0.6 is 11.6 Å². The zero-order valence-corrected chi connectivity index (χ0v) is 15.5. The molecule has 2 aliphatic rings. The smallest absolute Gasteiger partial charge is 0.253 e. The van der Waals surface area contributed by atoms with Crippen molar-refractivity contribution in [3.8, 4) is 0 Å². The summed E-state index contributed by atoms with van der Waals surface area (Å²) in [6.45, 7) is 2.94. The average Bonchev–Trinajstić information content (AvgIpc) is 2.64. The number of nitrogens with one attached hydrogen (secondary N) is 2. The zero-order valence-electron chi connectivity index (χ0n) is 14.7. The zero-order chi connectivity index (χ0) is 17.6. The van der Waals surface area contributed by atoms with Crippen LogP contribution in [0.4, 0.5) is 0 Å². The molecule has 1 aromatic carbocycles. The molecule has 1 aliphatic carbocycles. The fourth-order valence-electron chi connectivity index (χ4n) is 3.46. The Kier molecular flexibility index (Phi) is 6.14. The number of allylic oxidation sites excluding steroid dienone is 1. The van der Waals surface area contributed by atoms with Gasteiger partial charge in [-0.1, -0.05) is 23.2 Å². The second-order valence-corrected chi connectivity index (χ2v) is 7.44. The Hall–Kier alpha value is -1.81. The van der Waals surface area contributed by atoms with Crippen molar-refractivity contribution in [1.82, 2.24) is 10.6 Å². The molecule has 0 aromatic heterocycles. The molecule has 1 aliphatic heterocycles. The molecular weight excluding hydrogens is 334 g/mol. The Balaban J connectivity index is 1.44. The Bertz CT molecular complexity index is 676. The number of nitrogens with zero attached hydrogens (tertiary/aromatic N) is 1. The molecule has 0 saturated heterocycles. The van der Waals surface area contributed by atoms with E-state index < -0.39 is 0 Å². The number of aliphatic imine (C=N–C) groups is 1. The summed E-state index contributed by atoms with van der Waals surface area (Å²) in [5.41, 5.74) is 1.62. The van der Waals surface area contributed by atoms with E-state index in [-0.39, 0.29) is 11.9 Å². The van der Waals surface area contributed by atoms with Crippen molar-refractivity contribution in [1.29, 1.82) is 0 Å². The van der Waals surface area contributed by atoms with Crippen molar-refractivity contribution in [2.45, 2.75) is 51.5 Å². The van der Waals surface area contributed by atoms with Crippen LogP contribution in [0.5, 0.6) is 0 Å². The third-order valence-electron chi connectivity index (χ3n) is 4.98. The van der Waals surface area contributed by atoms with Crippen molar-refractivity contribution in [2.75, 3.05) is 6.54 Å². The summed E-state index contributed by atoms with van der Waals surface area (Å²) in [5.74, 6) is 1.60. The lowest BCUT2D eigenvalue weighted by molar-refractivity contribution is 0.0922. The summed E-state index contributed by atoms with van der Waals surface area (Å²) in [4.78, 5) is 16.8. The van der Waals surface area contributed by atoms with Crippen molar-refractivity contribution < 1.29 is 4.79 Å². The van der Waals surface area contributed by atoms with Crippen LogP contribution in [-0.2, 0) is 0 Å². The summed E-state index contributed by atoms with van der Waals surface area (Å²) in [6.07, 6.45) is 10.5. The minimum absolute atomic E-state index is 0.0584. The van der Waals surface area contributed by atoms with Crippen LogP contribution in [0.2, 0.25) is 5.02 Å². The normalized spacial score (nSPS) is 23.0. The van der Waals surface area contributed by atoms with Gasteiger partial charge in [-0.2, -0.15) is 0 Å². The molecule has 134 valence electrons. The van der Waals surface area contributed by atoms with Gasteiger partial charge >= 0.3 is 0 Å². The molecule has 25 heavy (non-hydrogen) atoms. The van der Waals surface area contributed by atoms with Gasteiger partial charge in [0.15, 0.2) is 0 Å². The topological polar surface area (TPSA) is 53.5 Å². The lowest BCUT2D eigenvalue weighted by atomic mass is 9.86. The monoisotopic (exact) mass is 359 g/mol. The molecule has 1 heterocycles. The highest BCUT2D eigenvalue weighted by atomic mass is 35.5. The van der Waals surface area contributed by atoms with Gasteiger partial charge in [0.05, 0.1) is 10.6 Å². The number of carbonyl (C=O) groups excluding carboxylic acids is 1. The maximum absolute atomic E-state index is 12.5. The molecule has 1 saturated carbocycles. The van der Waals surface area contributed by atoms with Gasteiger partial charge in [0.2, 0.25) is 0 Å². The Morgan fingerprint density at radius 2 is 2.04 bits per heavy atom. The number of hydrogen-bond donors (Lipinski definition) is 2. The fraction of sp³-hybridized carbons (Fsp3) is 0.500. The van der Waals surface area contributed by atoms with Crippen molar-refractivity contribution in [3.63, 3.8) is 0 Å². The highest BCUT2D eigenvalue weighted by molar-refractivity contribution is 6.33. The molecule has 0 bridgehead atoms. The highest BCUT2D eigenvalue weighted by Crippen LogP contribution is 2.25. The van der Waals surface area contributed by atoms with Gasteiger partial charge in [-0.3, -0.25) is 4.79 Å². The van der Waals surface area contributed by atoms with E-state index in [2.05, 4.69) is 21.7 Å². The molecule has 3 rings (SSSR count). The molecule has 5 heteroatoms. The van der Waals surface area contributed by atoms with Crippen LogP contribution in [0, 0.1) is 12.8 Å². The minimum Gasteiger partial charge on any atom is -0.370 e. The third kappa shape index (κ3) is 5.08. The van der Waals surface area contributed by atoms with Gasteiger partial charge in [-0.05, 0) is 69.6 Å². The quantitative estimate of drug-likeness (QED) is 0.826. The molecule has 1 aromatic rings. The molecule has 4 nitrogen and oxygen atoms in total. The van der Waals surface area contributed by atoms with E-state index >= 15 is 0 Å². The minimum atomic E-state index is -0.0584. The number of amides is 1. The summed E-state index contributed by atoms with van der Waals surface area (Å²) in [6, 6.07) is 5.80. The number of benzene rings is 1. The lowest BCUT2D eigenvalue weighted by Crippen LogP contribution is -2.39. The largest absolute Gasteiger partial charge is 0.370 e. The first-order chi connectivity index (χ1) is 12.1. The molecule has 2 N–H and O–H groups in total. The SMILES string of the molecule is Cc1ccc(Cl)c(C(=O)NC2CCC(CNC3=CCCC=N3)CC2)c1. The van der Waals surface area contributed by atoms with E-state index in [9.17, 15) is 4.79 Å². The van der Waals surface area contributed by atoms with E-state index in [1.807, 2.05) is 25.3 Å². The van der Waals surface area contributed by atoms with Crippen LogP contribution in [0.15, 0.2) is 35.1 Å². The molecule has 0 atom stereocenters. The fourth-order valence-corrected chi connectivity index (χ4v) is 3.67. The number of aryl methyl sites for hydroxylation is 1. The van der Waals surface area contributed by atoms with Crippen molar-refractivity contribution >= 4 is 23.7 Å². The second-order valence-electron chi connectivity index (χ2n) is 7.03. The van der Waals surface area contributed by atoms with E-state index in [1.165, 1.54) is 0 Å². The van der Waals surface area contributed by atoms with E-state index in [0.717, 1.165) is 56.5 Å². The van der Waals surface area contributed by atoms with E-state index in [1.54, 1.807) is 6.07 Å². The van der Waals surface area contributed by atoms with E-state index in [4.69, 9.17) is 11.6 Å². The van der Waals surface area contributed by atoms with Gasteiger partial charge in [0.1, 0.15) is 5.82 Å². The predicted molar refractivity (Wildman–Crippen MR) is 103 cm³/mol. The molecular formula is C20H26ClN3O. The van der Waals surface area contributed by atoms with Gasteiger partial charge in [0.25, 0.3) is 5.91 Å². The summed E-state index contributed by atoms with van der Waals surface area (Å²) in [5, 5.41) is 7.11. The maximum atomic E-state index is 12.5. The van der Waals surface area contributed by atoms with Crippen LogP contribution < -0.4 is 10.6 Å². The highest BCUT2D eigenvalue weighted by Gasteiger charge is 2.23. The average molecular weight is 360 g/mol. The third-order valence-corrected chi connectivity index (χ3v) is 5.31. The molecule has 0 unspecified atom stereocenters. The van der Waals surface area contributed by atoms with Gasteiger partial charge < -0.3 is 10.6 Å². The Morgan fingerprint density at radius 3 is 2.76 bits per heavy atom. The lowest BCUT2D eigenvalue weighted by Gasteiger charge is -2.29. The maximum Gasteiger partial charge on any atom is 0.253 e. The summed E-state index contributed by atoms with van der Waals surface area (Å²) >= 11 is 6.16. The van der Waals surface area contributed by atoms with Crippen molar-refractivity contribution in [3.05, 3.63) is 46.2 Å². The Labute approximate surface area is 154 Å². The van der Waals surface area contributed by atoms with Gasteiger partial charge in [-0.25, -0.2) is 4.99 Å². The molecule has 0 spiro atoms. The first-order valence-corrected chi connectivity index (χ1v) is 9.53. The van der Waals surface area contributed by atoms with Crippen molar-refractivity contribution in [2.24, 2.45) is 10.9 Å². The molecule has 1 fully saturated rings. The van der Waals surface area contributed by atoms with E-state index in [0.29, 0.717) is 16.5 Å². The van der Waals surface area contributed by atoms with Crippen LogP contribution in [0.1, 0.15) is 54.4 Å². The number of carbonyl (C=O) groups is 1. The van der Waals surface area contributed by atoms with Gasteiger partial charge in [-0.15, -0.1) is 0 Å². The summed E-state index contributed by atoms with van der Waals surface area (Å²) in [7, 11) is 0. The first-order valence-electron chi connectivity index (χ1n) is 9.15. The van der Waals surface area contributed by atoms with Crippen LogP contribution in [0.3, 0.4) is 0 Å². The number of hydrogen-bond acceptors (Lipinski definition) is 3. The van der Waals surface area contributed by atoms with Crippen LogP contribution in [-0.4, -0.2) is 24.7 Å². The van der Waals surface area contributed by atoms with Crippen LogP contribution in [0.25, 0.3) is 0 Å². The van der Waals surface area contributed by atoms with Gasteiger partial charge in [0, 0.05) is 18.8 Å². The predicted octanol–water partition coefficient (Wildman–Crippen LogP) is 4.23. The number of halogens is 1. The number of rotatable bonds is 5. The molecule has 0 radical (unpaired) electrons. The second kappa shape index (κ2) is 8.52. The summed E-state index contributed by atoms with van der Waals surface area (Å²) < 4.78 is 0. The first kappa shape index (κ1) is 18.0. The Morgan fingerprint density at radius 1 is 1.24 bits per heavy atom. The standard InChI is InChI=1S/C20H26ClN3O/c1-14-5-10-18(21)17(12-14)20(25)24-16-8-6-15(7-9-16)13-23-19-4-2-3-11-22-19/h4-5,10-12,15-16,23H,2-3,6-9,13H2,1H3,(H,24,25). The molecule has 1 amide bonds.